The molecule has 2 aromatic heterocycles. The molecular weight excluding hydrogens is 386 g/mol. The summed E-state index contributed by atoms with van der Waals surface area (Å²) < 4.78 is 6.35. The zero-order chi connectivity index (χ0) is 19.4. The Balaban J connectivity index is 2.23. The molecule has 27 heavy (non-hydrogen) atoms. The van der Waals surface area contributed by atoms with Crippen LogP contribution >= 0.6 is 22.9 Å². The van der Waals surface area contributed by atoms with Crippen LogP contribution in [0.5, 0.6) is 0 Å². The van der Waals surface area contributed by atoms with E-state index in [1.165, 1.54) is 16.0 Å². The van der Waals surface area contributed by atoms with Gasteiger partial charge in [-0.15, -0.1) is 11.3 Å². The van der Waals surface area contributed by atoms with Crippen LogP contribution in [0.1, 0.15) is 37.2 Å². The van der Waals surface area contributed by atoms with Gasteiger partial charge in [0, 0.05) is 22.3 Å². The van der Waals surface area contributed by atoms with Crippen molar-refractivity contribution in [2.24, 2.45) is 0 Å². The maximum Gasteiger partial charge on any atom is 0.359 e. The summed E-state index contributed by atoms with van der Waals surface area (Å²) in [6, 6.07) is 6.79. The van der Waals surface area contributed by atoms with E-state index in [4.69, 9.17) is 16.3 Å². The zero-order valence-corrected chi connectivity index (χ0v) is 16.7. The van der Waals surface area contributed by atoms with Crippen molar-refractivity contribution in [1.82, 2.24) is 9.78 Å². The number of esters is 1. The molecule has 0 saturated carbocycles. The number of hydrogen-bond donors (Lipinski definition) is 1. The molecule has 0 spiro atoms. The smallest absolute Gasteiger partial charge is 0.359 e. The maximum atomic E-state index is 13.2. The molecule has 0 saturated heterocycles. The molecular formula is C19H20ClN3O3S. The number of carbonyl (C=O) groups excluding carboxylic acids is 1. The van der Waals surface area contributed by atoms with Crippen molar-refractivity contribution in [1.29, 1.82) is 0 Å². The van der Waals surface area contributed by atoms with Gasteiger partial charge in [-0.3, -0.25) is 4.79 Å². The topological polar surface area (TPSA) is 73.2 Å². The summed E-state index contributed by atoms with van der Waals surface area (Å²) >= 11 is 7.45. The van der Waals surface area contributed by atoms with E-state index in [0.29, 0.717) is 21.5 Å². The number of aromatic nitrogens is 2. The second-order valence-corrected chi connectivity index (χ2v) is 7.22. The molecule has 6 nitrogen and oxygen atoms in total. The number of halogens is 1. The quantitative estimate of drug-likeness (QED) is 0.463. The minimum atomic E-state index is -0.559. The lowest BCUT2D eigenvalue weighted by Crippen LogP contribution is -2.25. The van der Waals surface area contributed by atoms with E-state index < -0.39 is 5.97 Å². The molecule has 8 heteroatoms. The first-order valence-corrected chi connectivity index (χ1v) is 10.0. The minimum Gasteiger partial charge on any atom is -0.461 e. The summed E-state index contributed by atoms with van der Waals surface area (Å²) in [6.07, 6.45) is 2.02. The van der Waals surface area contributed by atoms with Crippen molar-refractivity contribution in [2.75, 3.05) is 18.5 Å². The van der Waals surface area contributed by atoms with Crippen molar-refractivity contribution < 1.29 is 9.53 Å². The van der Waals surface area contributed by atoms with E-state index in [-0.39, 0.29) is 17.9 Å². The van der Waals surface area contributed by atoms with Crippen LogP contribution in [0.15, 0.2) is 34.4 Å². The summed E-state index contributed by atoms with van der Waals surface area (Å²) in [6.45, 7) is 4.81. The fourth-order valence-corrected chi connectivity index (χ4v) is 3.84. The molecule has 0 atom stereocenters. The number of nitrogens with one attached hydrogen (secondary N) is 1. The third kappa shape index (κ3) is 3.99. The lowest BCUT2D eigenvalue weighted by molar-refractivity contribution is 0.0520. The van der Waals surface area contributed by atoms with Crippen molar-refractivity contribution in [2.45, 2.75) is 26.7 Å². The van der Waals surface area contributed by atoms with Gasteiger partial charge >= 0.3 is 5.97 Å². The van der Waals surface area contributed by atoms with Crippen LogP contribution in [0, 0.1) is 0 Å². The highest BCUT2D eigenvalue weighted by Gasteiger charge is 2.22. The monoisotopic (exact) mass is 405 g/mol. The first kappa shape index (κ1) is 19.4. The highest BCUT2D eigenvalue weighted by molar-refractivity contribution is 7.16. The molecule has 0 aliphatic rings. The van der Waals surface area contributed by atoms with E-state index in [1.807, 2.05) is 0 Å². The SMILES string of the molecule is CCCCNc1scc2c(C(=O)OCC)nn(-c3cccc(Cl)c3)c(=O)c12. The number of rotatable bonds is 7. The fraction of sp³-hybridized carbons (Fsp3) is 0.316. The van der Waals surface area contributed by atoms with Crippen LogP contribution in [0.25, 0.3) is 16.5 Å². The van der Waals surface area contributed by atoms with Gasteiger partial charge in [-0.2, -0.15) is 9.78 Å². The highest BCUT2D eigenvalue weighted by Crippen LogP contribution is 2.30. The summed E-state index contributed by atoms with van der Waals surface area (Å²) in [4.78, 5) is 25.6. The molecule has 0 aliphatic heterocycles. The van der Waals surface area contributed by atoms with Gasteiger partial charge in [-0.25, -0.2) is 4.79 Å². The molecule has 1 aromatic carbocycles. The molecule has 0 fully saturated rings. The van der Waals surface area contributed by atoms with Gasteiger partial charge in [0.25, 0.3) is 5.56 Å². The Morgan fingerprint density at radius 1 is 1.37 bits per heavy atom. The summed E-state index contributed by atoms with van der Waals surface area (Å²) in [5, 5.41) is 11.5. The number of ether oxygens (including phenoxy) is 1. The molecule has 0 unspecified atom stereocenters. The molecule has 2 heterocycles. The van der Waals surface area contributed by atoms with Crippen LogP contribution in [0.4, 0.5) is 5.00 Å². The Kier molecular flexibility index (Phi) is 6.13. The third-order valence-electron chi connectivity index (χ3n) is 3.99. The largest absolute Gasteiger partial charge is 0.461 e. The predicted octanol–water partition coefficient (Wildman–Crippen LogP) is 4.49. The molecule has 0 amide bonds. The molecule has 1 N–H and O–H groups in total. The van der Waals surface area contributed by atoms with Crippen LogP contribution < -0.4 is 10.9 Å². The van der Waals surface area contributed by atoms with Gasteiger partial charge in [-0.1, -0.05) is 31.0 Å². The Hall–Kier alpha value is -2.38. The number of unbranched alkanes of at least 4 members (excludes halogenated alkanes) is 1. The van der Waals surface area contributed by atoms with Gasteiger partial charge in [0.1, 0.15) is 5.00 Å². The fourth-order valence-electron chi connectivity index (χ4n) is 2.69. The summed E-state index contributed by atoms with van der Waals surface area (Å²) in [7, 11) is 0. The molecule has 0 radical (unpaired) electrons. The highest BCUT2D eigenvalue weighted by atomic mass is 35.5. The van der Waals surface area contributed by atoms with Crippen molar-refractivity contribution in [3.05, 3.63) is 50.7 Å². The zero-order valence-electron chi connectivity index (χ0n) is 15.1. The number of thiophene rings is 1. The van der Waals surface area contributed by atoms with Crippen molar-refractivity contribution in [3.8, 4) is 5.69 Å². The van der Waals surface area contributed by atoms with E-state index in [1.54, 1.807) is 36.6 Å². The average Bonchev–Trinajstić information content (AvgIpc) is 3.07. The molecule has 3 rings (SSSR count). The lowest BCUT2D eigenvalue weighted by atomic mass is 10.2. The predicted molar refractivity (Wildman–Crippen MR) is 110 cm³/mol. The van der Waals surface area contributed by atoms with Gasteiger partial charge in [-0.05, 0) is 31.5 Å². The van der Waals surface area contributed by atoms with E-state index >= 15 is 0 Å². The molecule has 142 valence electrons. The van der Waals surface area contributed by atoms with Crippen molar-refractivity contribution >= 4 is 44.7 Å². The standard InChI is InChI=1S/C19H20ClN3O3S/c1-3-5-9-21-17-15-14(11-27-17)16(19(25)26-4-2)22-23(18(15)24)13-8-6-7-12(20)10-13/h6-8,10-11,21H,3-5,9H2,1-2H3. The number of carbonyl (C=O) groups is 1. The summed E-state index contributed by atoms with van der Waals surface area (Å²) in [5.41, 5.74) is 0.303. The van der Waals surface area contributed by atoms with E-state index in [0.717, 1.165) is 24.4 Å². The third-order valence-corrected chi connectivity index (χ3v) is 5.16. The molecule has 0 aliphatic carbocycles. The minimum absolute atomic E-state index is 0.117. The van der Waals surface area contributed by atoms with E-state index in [9.17, 15) is 9.59 Å². The maximum absolute atomic E-state index is 13.2. The van der Waals surface area contributed by atoms with Gasteiger partial charge < -0.3 is 10.1 Å². The van der Waals surface area contributed by atoms with Crippen LogP contribution in [0.2, 0.25) is 5.02 Å². The normalized spacial score (nSPS) is 10.9. The number of nitrogens with zero attached hydrogens (tertiary/aromatic N) is 2. The number of anilines is 1. The lowest BCUT2D eigenvalue weighted by Gasteiger charge is -2.10. The molecule has 3 aromatic rings. The van der Waals surface area contributed by atoms with Crippen LogP contribution in [-0.2, 0) is 4.74 Å². The van der Waals surface area contributed by atoms with Gasteiger partial charge in [0.05, 0.1) is 17.7 Å². The van der Waals surface area contributed by atoms with Crippen LogP contribution in [0.3, 0.4) is 0 Å². The second-order valence-electron chi connectivity index (χ2n) is 5.90. The number of hydrogen-bond acceptors (Lipinski definition) is 6. The first-order chi connectivity index (χ1) is 13.1. The van der Waals surface area contributed by atoms with E-state index in [2.05, 4.69) is 17.3 Å². The Labute approximate surface area is 165 Å². The number of fused-ring (bicyclic) bond motifs is 1. The van der Waals surface area contributed by atoms with Gasteiger partial charge in [0.2, 0.25) is 0 Å². The van der Waals surface area contributed by atoms with Gasteiger partial charge in [0.15, 0.2) is 5.69 Å². The summed E-state index contributed by atoms with van der Waals surface area (Å²) in [5.74, 6) is -0.559. The van der Waals surface area contributed by atoms with Crippen molar-refractivity contribution in [3.63, 3.8) is 0 Å². The second kappa shape index (κ2) is 8.54. The number of benzene rings is 1. The molecule has 0 bridgehead atoms. The Morgan fingerprint density at radius 2 is 2.19 bits per heavy atom. The Morgan fingerprint density at radius 3 is 2.89 bits per heavy atom. The first-order valence-electron chi connectivity index (χ1n) is 8.78. The average molecular weight is 406 g/mol. The Bertz CT molecular complexity index is 1030. The van der Waals surface area contributed by atoms with Crippen LogP contribution in [-0.4, -0.2) is 28.9 Å².